The maximum atomic E-state index is 13.1. The van der Waals surface area contributed by atoms with Gasteiger partial charge in [-0.3, -0.25) is 4.79 Å². The van der Waals surface area contributed by atoms with E-state index in [1.165, 1.54) is 225 Å². The van der Waals surface area contributed by atoms with Crippen molar-refractivity contribution in [2.24, 2.45) is 0 Å². The van der Waals surface area contributed by atoms with Gasteiger partial charge >= 0.3 is 0 Å². The van der Waals surface area contributed by atoms with E-state index in [0.717, 1.165) is 51.4 Å². The van der Waals surface area contributed by atoms with Crippen LogP contribution in [0.2, 0.25) is 0 Å². The van der Waals surface area contributed by atoms with E-state index < -0.39 is 49.5 Å². The normalized spacial score (nSPS) is 19.3. The number of aliphatic hydroxyl groups is 5. The van der Waals surface area contributed by atoms with Crippen molar-refractivity contribution in [2.45, 2.75) is 339 Å². The van der Waals surface area contributed by atoms with Crippen molar-refractivity contribution in [1.29, 1.82) is 0 Å². The number of hydrogen-bond acceptors (Lipinski definition) is 8. The third kappa shape index (κ3) is 44.4. The minimum Gasteiger partial charge on any atom is -0.394 e. The topological polar surface area (TPSA) is 149 Å². The Bertz CT molecular complexity index is 1360. The Hall–Kier alpha value is -2.11. The Morgan fingerprint density at radius 3 is 1.21 bits per heavy atom. The molecule has 1 saturated heterocycles. The maximum absolute atomic E-state index is 13.1. The Morgan fingerprint density at radius 2 is 0.800 bits per heavy atom. The molecule has 0 saturated carbocycles. The molecule has 438 valence electrons. The Morgan fingerprint density at radius 1 is 0.453 bits per heavy atom. The highest BCUT2D eigenvalue weighted by molar-refractivity contribution is 5.76. The fourth-order valence-corrected chi connectivity index (χ4v) is 10.0. The number of hydrogen-bond donors (Lipinski definition) is 6. The molecule has 9 heteroatoms. The molecule has 7 unspecified atom stereocenters. The summed E-state index contributed by atoms with van der Waals surface area (Å²) in [5.41, 5.74) is 0. The molecule has 0 aromatic carbocycles. The molecular formula is C66H121NO8. The summed E-state index contributed by atoms with van der Waals surface area (Å²) in [5, 5.41) is 54.6. The molecule has 75 heavy (non-hydrogen) atoms. The number of allylic oxidation sites excluding steroid dienone is 9. The molecule has 0 radical (unpaired) electrons. The number of ether oxygens (including phenoxy) is 2. The van der Waals surface area contributed by atoms with Gasteiger partial charge in [-0.2, -0.15) is 0 Å². The van der Waals surface area contributed by atoms with Crippen LogP contribution >= 0.6 is 0 Å². The first-order chi connectivity index (χ1) is 36.8. The van der Waals surface area contributed by atoms with E-state index in [4.69, 9.17) is 9.47 Å². The highest BCUT2D eigenvalue weighted by Crippen LogP contribution is 2.23. The Balaban J connectivity index is 2.15. The van der Waals surface area contributed by atoms with Gasteiger partial charge in [0.15, 0.2) is 6.29 Å². The van der Waals surface area contributed by atoms with Crippen LogP contribution in [0, 0.1) is 0 Å². The van der Waals surface area contributed by atoms with Gasteiger partial charge in [0.05, 0.1) is 25.4 Å². The predicted molar refractivity (Wildman–Crippen MR) is 318 cm³/mol. The number of carbonyl (C=O) groups excluding carboxylic acids is 1. The summed E-state index contributed by atoms with van der Waals surface area (Å²) in [6.45, 7) is 3.78. The van der Waals surface area contributed by atoms with Crippen molar-refractivity contribution >= 4 is 5.91 Å². The van der Waals surface area contributed by atoms with E-state index in [1.807, 2.05) is 6.08 Å². The number of carbonyl (C=O) groups is 1. The molecule has 0 aromatic heterocycles. The highest BCUT2D eigenvalue weighted by atomic mass is 16.7. The summed E-state index contributed by atoms with van der Waals surface area (Å²) >= 11 is 0. The molecule has 0 aliphatic carbocycles. The molecule has 1 rings (SSSR count). The van der Waals surface area contributed by atoms with Crippen LogP contribution < -0.4 is 5.32 Å². The molecule has 0 aromatic rings. The van der Waals surface area contributed by atoms with Crippen LogP contribution in [0.5, 0.6) is 0 Å². The van der Waals surface area contributed by atoms with Gasteiger partial charge in [-0.15, -0.1) is 0 Å². The summed E-state index contributed by atoms with van der Waals surface area (Å²) < 4.78 is 11.3. The average Bonchev–Trinajstić information content (AvgIpc) is 3.41. The van der Waals surface area contributed by atoms with Crippen molar-refractivity contribution in [2.75, 3.05) is 13.2 Å². The van der Waals surface area contributed by atoms with E-state index >= 15 is 0 Å². The SMILES string of the molecule is CCCCCCC/C=C\C/C=C\C/C=C\CCCCCCCCCCCCCCCCCCCCC(=O)NC(COC1OC(CO)C(O)C(O)C1O)C(O)/C=C/CC/C=C/CCCCCCCCCCCCCCC. The second kappa shape index (κ2) is 55.2. The first-order valence-electron chi connectivity index (χ1n) is 32.0. The molecular weight excluding hydrogens is 935 g/mol. The quantitative estimate of drug-likeness (QED) is 0.0261. The van der Waals surface area contributed by atoms with Crippen molar-refractivity contribution < 1.29 is 39.8 Å². The van der Waals surface area contributed by atoms with Crippen molar-refractivity contribution in [1.82, 2.24) is 5.32 Å². The number of amides is 1. The predicted octanol–water partition coefficient (Wildman–Crippen LogP) is 16.6. The number of aliphatic hydroxyl groups excluding tert-OH is 5. The summed E-state index contributed by atoms with van der Waals surface area (Å²) in [6, 6.07) is -0.823. The zero-order valence-corrected chi connectivity index (χ0v) is 48.8. The lowest BCUT2D eigenvalue weighted by molar-refractivity contribution is -0.302. The summed E-state index contributed by atoms with van der Waals surface area (Å²) in [6.07, 6.45) is 68.8. The first kappa shape index (κ1) is 70.9. The molecule has 1 aliphatic rings. The zero-order chi connectivity index (χ0) is 54.3. The fraction of sp³-hybridized carbons (Fsp3) is 0.833. The lowest BCUT2D eigenvalue weighted by Gasteiger charge is -2.40. The first-order valence-corrected chi connectivity index (χ1v) is 32.0. The number of rotatable bonds is 55. The summed E-state index contributed by atoms with van der Waals surface area (Å²) in [4.78, 5) is 13.1. The fourth-order valence-electron chi connectivity index (χ4n) is 10.0. The Kier molecular flexibility index (Phi) is 52.2. The number of nitrogens with one attached hydrogen (secondary N) is 1. The van der Waals surface area contributed by atoms with Crippen LogP contribution in [0.25, 0.3) is 0 Å². The van der Waals surface area contributed by atoms with Gasteiger partial charge < -0.3 is 40.3 Å². The van der Waals surface area contributed by atoms with Crippen LogP contribution in [0.3, 0.4) is 0 Å². The molecule has 1 fully saturated rings. The third-order valence-electron chi connectivity index (χ3n) is 15.1. The van der Waals surface area contributed by atoms with Gasteiger partial charge in [0.1, 0.15) is 24.4 Å². The van der Waals surface area contributed by atoms with E-state index in [9.17, 15) is 30.3 Å². The number of unbranched alkanes of at least 4 members (excludes halogenated alkanes) is 37. The molecule has 7 atom stereocenters. The maximum Gasteiger partial charge on any atom is 0.220 e. The van der Waals surface area contributed by atoms with Crippen LogP contribution in [0.15, 0.2) is 60.8 Å². The molecule has 6 N–H and O–H groups in total. The van der Waals surface area contributed by atoms with Gasteiger partial charge in [-0.1, -0.05) is 280 Å². The molecule has 9 nitrogen and oxygen atoms in total. The summed E-state index contributed by atoms with van der Waals surface area (Å²) in [7, 11) is 0. The van der Waals surface area contributed by atoms with Crippen molar-refractivity contribution in [3.8, 4) is 0 Å². The third-order valence-corrected chi connectivity index (χ3v) is 15.1. The second-order valence-electron chi connectivity index (χ2n) is 22.2. The van der Waals surface area contributed by atoms with Gasteiger partial charge in [0.2, 0.25) is 5.91 Å². The van der Waals surface area contributed by atoms with E-state index in [0.29, 0.717) is 6.42 Å². The van der Waals surface area contributed by atoms with Gasteiger partial charge in [0, 0.05) is 6.42 Å². The second-order valence-corrected chi connectivity index (χ2v) is 22.2. The van der Waals surface area contributed by atoms with E-state index in [2.05, 4.69) is 67.8 Å². The van der Waals surface area contributed by atoms with Gasteiger partial charge in [0.25, 0.3) is 0 Å². The molecule has 1 heterocycles. The molecule has 0 spiro atoms. The highest BCUT2D eigenvalue weighted by Gasteiger charge is 2.44. The average molecular weight is 1060 g/mol. The minimum absolute atomic E-state index is 0.184. The van der Waals surface area contributed by atoms with Crippen molar-refractivity contribution in [3.63, 3.8) is 0 Å². The minimum atomic E-state index is -1.57. The van der Waals surface area contributed by atoms with Crippen LogP contribution in [0.4, 0.5) is 0 Å². The van der Waals surface area contributed by atoms with Crippen LogP contribution in [-0.4, -0.2) is 87.5 Å². The monoisotopic (exact) mass is 1060 g/mol. The lowest BCUT2D eigenvalue weighted by atomic mass is 9.99. The molecule has 1 amide bonds. The van der Waals surface area contributed by atoms with Crippen LogP contribution in [-0.2, 0) is 14.3 Å². The lowest BCUT2D eigenvalue weighted by Crippen LogP contribution is -2.60. The summed E-state index contributed by atoms with van der Waals surface area (Å²) in [5.74, 6) is -0.184. The van der Waals surface area contributed by atoms with E-state index in [1.54, 1.807) is 6.08 Å². The molecule has 0 bridgehead atoms. The van der Waals surface area contributed by atoms with E-state index in [-0.39, 0.29) is 12.5 Å². The van der Waals surface area contributed by atoms with Gasteiger partial charge in [-0.25, -0.2) is 0 Å². The van der Waals surface area contributed by atoms with Crippen LogP contribution in [0.1, 0.15) is 296 Å². The molecule has 1 aliphatic heterocycles. The van der Waals surface area contributed by atoms with Gasteiger partial charge in [-0.05, 0) is 70.6 Å². The Labute approximate surface area is 462 Å². The standard InChI is InChI=1S/C66H121NO8/c1-3-5-7-9-11-13-15-17-19-21-23-24-25-26-27-28-29-30-31-32-33-34-35-36-38-40-42-44-46-48-50-52-54-56-62(70)67-59(58-74-66-65(73)64(72)63(71)61(57-68)75-66)60(69)55-53-51-49-47-45-43-41-39-37-22-20-18-16-14-12-10-8-6-4-2/h15,17,21,23,25-26,45,47,53,55,59-61,63-66,68-69,71-73H,3-14,16,18-20,22,24,27-44,46,48-52,54,56-58H2,1-2H3,(H,67,70)/b17-15-,23-21-,26-25-,47-45+,55-53+. The largest absolute Gasteiger partial charge is 0.394 e. The van der Waals surface area contributed by atoms with Crippen molar-refractivity contribution in [3.05, 3.63) is 60.8 Å². The smallest absolute Gasteiger partial charge is 0.220 e. The zero-order valence-electron chi connectivity index (χ0n) is 48.8.